The molecule has 0 unspecified atom stereocenters. The number of carbonyl (C=O) groups excluding carboxylic acids is 1. The van der Waals surface area contributed by atoms with E-state index in [1.807, 2.05) is 24.3 Å². The lowest BCUT2D eigenvalue weighted by atomic mass is 10.1. The van der Waals surface area contributed by atoms with E-state index in [1.165, 1.54) is 0 Å². The number of ether oxygens (including phenoxy) is 1. The number of hydrogen-bond acceptors (Lipinski definition) is 3. The van der Waals surface area contributed by atoms with E-state index < -0.39 is 0 Å². The van der Waals surface area contributed by atoms with Crippen molar-refractivity contribution in [2.45, 2.75) is 26.2 Å². The third-order valence-electron chi connectivity index (χ3n) is 3.67. The first kappa shape index (κ1) is 13.9. The zero-order valence-electron chi connectivity index (χ0n) is 11.3. The van der Waals surface area contributed by atoms with Gasteiger partial charge in [0, 0.05) is 12.0 Å². The van der Waals surface area contributed by atoms with E-state index in [2.05, 4.69) is 12.2 Å². The van der Waals surface area contributed by atoms with Crippen LogP contribution < -0.4 is 10.1 Å². The average molecular weight is 263 g/mol. The van der Waals surface area contributed by atoms with Crippen molar-refractivity contribution in [1.82, 2.24) is 5.32 Å². The second kappa shape index (κ2) is 6.06. The first-order chi connectivity index (χ1) is 9.19. The van der Waals surface area contributed by atoms with E-state index in [-0.39, 0.29) is 24.5 Å². The van der Waals surface area contributed by atoms with Gasteiger partial charge < -0.3 is 15.2 Å². The van der Waals surface area contributed by atoms with Crippen molar-refractivity contribution in [2.75, 3.05) is 19.8 Å². The summed E-state index contributed by atoms with van der Waals surface area (Å²) in [6.07, 6.45) is 2.86. The summed E-state index contributed by atoms with van der Waals surface area (Å²) >= 11 is 0. The average Bonchev–Trinajstić information content (AvgIpc) is 3.24. The molecule has 1 amide bonds. The Kier molecular flexibility index (Phi) is 4.43. The third kappa shape index (κ3) is 3.70. The molecule has 1 aliphatic carbocycles. The highest BCUT2D eigenvalue weighted by molar-refractivity contribution is 5.77. The zero-order valence-corrected chi connectivity index (χ0v) is 11.3. The highest BCUT2D eigenvalue weighted by Crippen LogP contribution is 2.44. The van der Waals surface area contributed by atoms with Crippen LogP contribution in [0.3, 0.4) is 0 Å². The standard InChI is InChI=1S/C15H21NO3/c1-2-12-5-3-4-6-13(12)19-9-14(18)16-10-15(11-17)7-8-15/h3-6,17H,2,7-11H2,1H3,(H,16,18). The Morgan fingerprint density at radius 2 is 2.16 bits per heavy atom. The lowest BCUT2D eigenvalue weighted by Crippen LogP contribution is -2.35. The second-order valence-corrected chi connectivity index (χ2v) is 5.18. The maximum atomic E-state index is 11.7. The Labute approximate surface area is 113 Å². The molecule has 1 fully saturated rings. The smallest absolute Gasteiger partial charge is 0.257 e. The minimum Gasteiger partial charge on any atom is -0.483 e. The Balaban J connectivity index is 1.77. The van der Waals surface area contributed by atoms with Crippen LogP contribution in [0.5, 0.6) is 5.75 Å². The molecule has 0 spiro atoms. The predicted octanol–water partition coefficient (Wildman–Crippen LogP) is 1.52. The fraction of sp³-hybridized carbons (Fsp3) is 0.533. The molecule has 4 nitrogen and oxygen atoms in total. The summed E-state index contributed by atoms with van der Waals surface area (Å²) in [6, 6.07) is 7.74. The predicted molar refractivity (Wildman–Crippen MR) is 73.1 cm³/mol. The van der Waals surface area contributed by atoms with Crippen LogP contribution in [0.2, 0.25) is 0 Å². The molecule has 0 atom stereocenters. The van der Waals surface area contributed by atoms with Crippen molar-refractivity contribution in [1.29, 1.82) is 0 Å². The van der Waals surface area contributed by atoms with Crippen LogP contribution in [0.1, 0.15) is 25.3 Å². The van der Waals surface area contributed by atoms with Crippen molar-refractivity contribution in [2.24, 2.45) is 5.41 Å². The maximum absolute atomic E-state index is 11.7. The summed E-state index contributed by atoms with van der Waals surface area (Å²) in [4.78, 5) is 11.7. The molecule has 1 aromatic rings. The SMILES string of the molecule is CCc1ccccc1OCC(=O)NCC1(CO)CC1. The minimum absolute atomic E-state index is 0.0263. The summed E-state index contributed by atoms with van der Waals surface area (Å²) in [5, 5.41) is 12.0. The normalized spacial score (nSPS) is 15.9. The molecule has 104 valence electrons. The number of hydrogen-bond donors (Lipinski definition) is 2. The molecule has 1 aliphatic rings. The molecule has 0 bridgehead atoms. The molecule has 0 heterocycles. The van der Waals surface area contributed by atoms with Gasteiger partial charge in [-0.25, -0.2) is 0 Å². The third-order valence-corrected chi connectivity index (χ3v) is 3.67. The monoisotopic (exact) mass is 263 g/mol. The number of amides is 1. The Hall–Kier alpha value is -1.55. The number of nitrogens with one attached hydrogen (secondary N) is 1. The number of carbonyl (C=O) groups is 1. The molecule has 0 saturated heterocycles. The molecule has 0 aliphatic heterocycles. The largest absolute Gasteiger partial charge is 0.483 e. The van der Waals surface area contributed by atoms with Crippen LogP contribution in [-0.4, -0.2) is 30.8 Å². The van der Waals surface area contributed by atoms with Gasteiger partial charge >= 0.3 is 0 Å². The van der Waals surface area contributed by atoms with E-state index in [9.17, 15) is 4.79 Å². The minimum atomic E-state index is -0.134. The van der Waals surface area contributed by atoms with Crippen molar-refractivity contribution in [3.63, 3.8) is 0 Å². The van der Waals surface area contributed by atoms with E-state index in [0.717, 1.165) is 30.6 Å². The van der Waals surface area contributed by atoms with Crippen molar-refractivity contribution < 1.29 is 14.6 Å². The van der Waals surface area contributed by atoms with Gasteiger partial charge in [-0.2, -0.15) is 0 Å². The van der Waals surface area contributed by atoms with E-state index in [1.54, 1.807) is 0 Å². The van der Waals surface area contributed by atoms with Crippen molar-refractivity contribution in [3.05, 3.63) is 29.8 Å². The Morgan fingerprint density at radius 3 is 2.79 bits per heavy atom. The number of aliphatic hydroxyl groups excluding tert-OH is 1. The van der Waals surface area contributed by atoms with Crippen LogP contribution >= 0.6 is 0 Å². The lowest BCUT2D eigenvalue weighted by Gasteiger charge is -2.14. The summed E-state index contributed by atoms with van der Waals surface area (Å²) in [6.45, 7) is 2.77. The Bertz CT molecular complexity index is 441. The van der Waals surface area contributed by atoms with Gasteiger partial charge in [-0.05, 0) is 30.9 Å². The van der Waals surface area contributed by atoms with Crippen LogP contribution in [-0.2, 0) is 11.2 Å². The fourth-order valence-corrected chi connectivity index (χ4v) is 1.98. The molecular weight excluding hydrogens is 242 g/mol. The van der Waals surface area contributed by atoms with Crippen LogP contribution in [0, 0.1) is 5.41 Å². The summed E-state index contributed by atoms with van der Waals surface area (Å²) in [7, 11) is 0. The first-order valence-corrected chi connectivity index (χ1v) is 6.77. The van der Waals surface area contributed by atoms with E-state index in [4.69, 9.17) is 9.84 Å². The summed E-state index contributed by atoms with van der Waals surface area (Å²) in [5.74, 6) is 0.633. The highest BCUT2D eigenvalue weighted by atomic mass is 16.5. The molecule has 2 N–H and O–H groups in total. The second-order valence-electron chi connectivity index (χ2n) is 5.18. The topological polar surface area (TPSA) is 58.6 Å². The summed E-state index contributed by atoms with van der Waals surface area (Å²) in [5.41, 5.74) is 1.04. The molecule has 1 saturated carbocycles. The molecule has 0 aromatic heterocycles. The van der Waals surface area contributed by atoms with Gasteiger partial charge in [0.25, 0.3) is 5.91 Å². The molecule has 4 heteroatoms. The van der Waals surface area contributed by atoms with E-state index >= 15 is 0 Å². The van der Waals surface area contributed by atoms with Crippen LogP contribution in [0.15, 0.2) is 24.3 Å². The number of rotatable bonds is 7. The first-order valence-electron chi connectivity index (χ1n) is 6.77. The highest BCUT2D eigenvalue weighted by Gasteiger charge is 2.42. The van der Waals surface area contributed by atoms with Gasteiger partial charge in [-0.15, -0.1) is 0 Å². The quantitative estimate of drug-likeness (QED) is 0.784. The molecule has 1 aromatic carbocycles. The molecule has 2 rings (SSSR count). The van der Waals surface area contributed by atoms with Crippen LogP contribution in [0.4, 0.5) is 0 Å². The Morgan fingerprint density at radius 1 is 1.42 bits per heavy atom. The number of benzene rings is 1. The van der Waals surface area contributed by atoms with Crippen molar-refractivity contribution in [3.8, 4) is 5.75 Å². The number of aliphatic hydroxyl groups is 1. The fourth-order valence-electron chi connectivity index (χ4n) is 1.98. The van der Waals surface area contributed by atoms with Gasteiger partial charge in [0.2, 0.25) is 0 Å². The molecule has 19 heavy (non-hydrogen) atoms. The van der Waals surface area contributed by atoms with Gasteiger partial charge in [0.05, 0.1) is 6.61 Å². The molecular formula is C15H21NO3. The van der Waals surface area contributed by atoms with E-state index in [0.29, 0.717) is 6.54 Å². The summed E-state index contributed by atoms with van der Waals surface area (Å²) < 4.78 is 5.53. The van der Waals surface area contributed by atoms with Crippen molar-refractivity contribution >= 4 is 5.91 Å². The lowest BCUT2D eigenvalue weighted by molar-refractivity contribution is -0.123. The van der Waals surface area contributed by atoms with Gasteiger partial charge in [0.1, 0.15) is 5.75 Å². The molecule has 0 radical (unpaired) electrons. The van der Waals surface area contributed by atoms with Crippen LogP contribution in [0.25, 0.3) is 0 Å². The van der Waals surface area contributed by atoms with Gasteiger partial charge in [0.15, 0.2) is 6.61 Å². The number of aryl methyl sites for hydroxylation is 1. The maximum Gasteiger partial charge on any atom is 0.257 e. The number of para-hydroxylation sites is 1. The van der Waals surface area contributed by atoms with Gasteiger partial charge in [-0.1, -0.05) is 25.1 Å². The van der Waals surface area contributed by atoms with Gasteiger partial charge in [-0.3, -0.25) is 4.79 Å². The zero-order chi connectivity index (χ0) is 13.7.